The number of halogens is 1. The Balaban J connectivity index is 2.25. The second-order valence-electron chi connectivity index (χ2n) is 4.15. The van der Waals surface area contributed by atoms with Gasteiger partial charge in [-0.25, -0.2) is 15.8 Å². The van der Waals surface area contributed by atoms with E-state index in [1.54, 1.807) is 6.20 Å². The fraction of sp³-hybridized carbons (Fsp3) is 0. The Morgan fingerprint density at radius 2 is 2.00 bits per heavy atom. The molecule has 2 heterocycles. The number of hydrazine groups is 1. The Kier molecular flexibility index (Phi) is 3.09. The molecule has 0 fully saturated rings. The van der Waals surface area contributed by atoms with Crippen molar-refractivity contribution in [3.63, 3.8) is 0 Å². The lowest BCUT2D eigenvalue weighted by Gasteiger charge is -2.08. The van der Waals surface area contributed by atoms with Crippen LogP contribution in [-0.4, -0.2) is 15.0 Å². The van der Waals surface area contributed by atoms with Crippen molar-refractivity contribution in [3.05, 3.63) is 41.7 Å². The van der Waals surface area contributed by atoms with Gasteiger partial charge < -0.3 is 11.2 Å². The highest BCUT2D eigenvalue weighted by Crippen LogP contribution is 2.30. The van der Waals surface area contributed by atoms with E-state index in [9.17, 15) is 0 Å². The fourth-order valence-electron chi connectivity index (χ4n) is 2.03. The summed E-state index contributed by atoms with van der Waals surface area (Å²) in [6.07, 6.45) is 1.64. The number of aromatic nitrogens is 3. The van der Waals surface area contributed by atoms with Crippen LogP contribution in [0.1, 0.15) is 0 Å². The average molecular weight is 287 g/mol. The predicted molar refractivity (Wildman–Crippen MR) is 80.0 cm³/mol. The molecule has 0 saturated carbocycles. The highest BCUT2D eigenvalue weighted by atomic mass is 35.5. The number of nitrogens with zero attached hydrogens (tertiary/aromatic N) is 3. The van der Waals surface area contributed by atoms with Crippen LogP contribution in [0.25, 0.3) is 22.0 Å². The van der Waals surface area contributed by atoms with Crippen molar-refractivity contribution in [3.8, 4) is 11.1 Å². The molecule has 0 spiro atoms. The van der Waals surface area contributed by atoms with Crippen molar-refractivity contribution in [2.45, 2.75) is 0 Å². The van der Waals surface area contributed by atoms with Gasteiger partial charge in [-0.15, -0.1) is 0 Å². The Hall–Kier alpha value is -2.44. The SMILES string of the molecule is NNc1nc(N)nc2ccc(-c3cccnc3Cl)cc12. The van der Waals surface area contributed by atoms with Crippen molar-refractivity contribution in [2.24, 2.45) is 5.84 Å². The molecule has 0 aliphatic rings. The van der Waals surface area contributed by atoms with Gasteiger partial charge in [0.1, 0.15) is 5.15 Å². The van der Waals surface area contributed by atoms with E-state index in [4.69, 9.17) is 23.2 Å². The smallest absolute Gasteiger partial charge is 0.222 e. The number of nitrogens with two attached hydrogens (primary N) is 2. The summed E-state index contributed by atoms with van der Waals surface area (Å²) in [5.74, 6) is 6.10. The minimum atomic E-state index is 0.164. The molecule has 0 bridgehead atoms. The van der Waals surface area contributed by atoms with Gasteiger partial charge in [-0.3, -0.25) is 0 Å². The molecule has 20 heavy (non-hydrogen) atoms. The van der Waals surface area contributed by atoms with E-state index in [2.05, 4.69) is 20.4 Å². The van der Waals surface area contributed by atoms with Crippen molar-refractivity contribution in [2.75, 3.05) is 11.2 Å². The summed E-state index contributed by atoms with van der Waals surface area (Å²) >= 11 is 6.11. The van der Waals surface area contributed by atoms with E-state index in [0.717, 1.165) is 16.5 Å². The van der Waals surface area contributed by atoms with Gasteiger partial charge in [-0.05, 0) is 29.8 Å². The molecule has 1 aromatic carbocycles. The molecule has 0 amide bonds. The molecular weight excluding hydrogens is 276 g/mol. The molecule has 100 valence electrons. The quantitative estimate of drug-likeness (QED) is 0.379. The Morgan fingerprint density at radius 1 is 1.15 bits per heavy atom. The molecule has 6 nitrogen and oxygen atoms in total. The monoisotopic (exact) mass is 286 g/mol. The van der Waals surface area contributed by atoms with Gasteiger partial charge >= 0.3 is 0 Å². The third-order valence-corrected chi connectivity index (χ3v) is 3.22. The first-order chi connectivity index (χ1) is 9.69. The lowest BCUT2D eigenvalue weighted by atomic mass is 10.1. The Morgan fingerprint density at radius 3 is 2.75 bits per heavy atom. The minimum absolute atomic E-state index is 0.164. The fourth-order valence-corrected chi connectivity index (χ4v) is 2.25. The summed E-state index contributed by atoms with van der Waals surface area (Å²) in [6, 6.07) is 9.36. The van der Waals surface area contributed by atoms with Crippen LogP contribution in [0.2, 0.25) is 5.15 Å². The predicted octanol–water partition coefficient (Wildman–Crippen LogP) is 2.21. The maximum atomic E-state index is 6.11. The summed E-state index contributed by atoms with van der Waals surface area (Å²) in [7, 11) is 0. The number of nitrogen functional groups attached to an aromatic ring is 2. The number of benzene rings is 1. The number of fused-ring (bicyclic) bond motifs is 1. The molecule has 3 rings (SSSR count). The molecular formula is C13H11ClN6. The topological polar surface area (TPSA) is 103 Å². The van der Waals surface area contributed by atoms with Crippen molar-refractivity contribution in [1.82, 2.24) is 15.0 Å². The summed E-state index contributed by atoms with van der Waals surface area (Å²) in [4.78, 5) is 12.3. The molecule has 0 aliphatic heterocycles. The van der Waals surface area contributed by atoms with Crippen molar-refractivity contribution < 1.29 is 0 Å². The van der Waals surface area contributed by atoms with E-state index >= 15 is 0 Å². The summed E-state index contributed by atoms with van der Waals surface area (Å²) < 4.78 is 0. The van der Waals surface area contributed by atoms with Gasteiger partial charge in [0.2, 0.25) is 5.95 Å². The largest absolute Gasteiger partial charge is 0.368 e. The normalized spacial score (nSPS) is 10.7. The third-order valence-electron chi connectivity index (χ3n) is 2.92. The summed E-state index contributed by atoms with van der Waals surface area (Å²) in [6.45, 7) is 0. The Labute approximate surface area is 119 Å². The van der Waals surface area contributed by atoms with Crippen LogP contribution in [0.5, 0.6) is 0 Å². The molecule has 0 radical (unpaired) electrons. The molecule has 2 aromatic heterocycles. The van der Waals surface area contributed by atoms with E-state index < -0.39 is 0 Å². The van der Waals surface area contributed by atoms with Gasteiger partial charge in [0.05, 0.1) is 5.52 Å². The molecule has 5 N–H and O–H groups in total. The van der Waals surface area contributed by atoms with E-state index in [1.165, 1.54) is 0 Å². The molecule has 0 saturated heterocycles. The van der Waals surface area contributed by atoms with Crippen LogP contribution in [0.15, 0.2) is 36.5 Å². The zero-order chi connectivity index (χ0) is 14.1. The van der Waals surface area contributed by atoms with Gasteiger partial charge in [0.25, 0.3) is 0 Å². The number of hydrogen-bond acceptors (Lipinski definition) is 6. The number of pyridine rings is 1. The number of anilines is 2. The first kappa shape index (κ1) is 12.6. The maximum absolute atomic E-state index is 6.11. The van der Waals surface area contributed by atoms with Gasteiger partial charge in [-0.2, -0.15) is 4.98 Å². The van der Waals surface area contributed by atoms with Crippen LogP contribution in [-0.2, 0) is 0 Å². The van der Waals surface area contributed by atoms with Crippen molar-refractivity contribution >= 4 is 34.3 Å². The molecule has 0 aliphatic carbocycles. The molecule has 3 aromatic rings. The van der Waals surface area contributed by atoms with Crippen LogP contribution in [0.4, 0.5) is 11.8 Å². The highest BCUT2D eigenvalue weighted by molar-refractivity contribution is 6.32. The minimum Gasteiger partial charge on any atom is -0.368 e. The first-order valence-corrected chi connectivity index (χ1v) is 6.21. The molecule has 7 heteroatoms. The average Bonchev–Trinajstić information content (AvgIpc) is 2.46. The van der Waals surface area contributed by atoms with E-state index in [1.807, 2.05) is 30.3 Å². The third kappa shape index (κ3) is 2.11. The van der Waals surface area contributed by atoms with Gasteiger partial charge in [-0.1, -0.05) is 17.7 Å². The lowest BCUT2D eigenvalue weighted by Crippen LogP contribution is -2.11. The highest BCUT2D eigenvalue weighted by Gasteiger charge is 2.09. The van der Waals surface area contributed by atoms with Gasteiger partial charge in [0.15, 0.2) is 5.82 Å². The van der Waals surface area contributed by atoms with Crippen LogP contribution >= 0.6 is 11.6 Å². The second kappa shape index (κ2) is 4.92. The zero-order valence-electron chi connectivity index (χ0n) is 10.3. The molecule has 0 unspecified atom stereocenters. The molecule has 0 atom stereocenters. The van der Waals surface area contributed by atoms with Crippen LogP contribution in [0, 0.1) is 0 Å². The van der Waals surface area contributed by atoms with E-state index in [0.29, 0.717) is 16.5 Å². The summed E-state index contributed by atoms with van der Waals surface area (Å²) in [5, 5.41) is 1.20. The first-order valence-electron chi connectivity index (χ1n) is 5.84. The maximum Gasteiger partial charge on any atom is 0.222 e. The number of hydrogen-bond donors (Lipinski definition) is 3. The van der Waals surface area contributed by atoms with Gasteiger partial charge in [0, 0.05) is 17.1 Å². The standard InChI is InChI=1S/C13H11ClN6/c14-11-8(2-1-5-17-11)7-3-4-10-9(6-7)12(20-16)19-13(15)18-10/h1-6H,16H2,(H3,15,18,19,20). The van der Waals surface area contributed by atoms with E-state index in [-0.39, 0.29) is 5.95 Å². The second-order valence-corrected chi connectivity index (χ2v) is 4.51. The van der Waals surface area contributed by atoms with Crippen LogP contribution in [0.3, 0.4) is 0 Å². The number of nitrogens with one attached hydrogen (secondary N) is 1. The van der Waals surface area contributed by atoms with Crippen molar-refractivity contribution in [1.29, 1.82) is 0 Å². The zero-order valence-corrected chi connectivity index (χ0v) is 11.1. The summed E-state index contributed by atoms with van der Waals surface area (Å²) in [5.41, 5.74) is 10.6. The number of rotatable bonds is 2. The Bertz CT molecular complexity index is 789. The lowest BCUT2D eigenvalue weighted by molar-refractivity contribution is 1.19. The van der Waals surface area contributed by atoms with Crippen LogP contribution < -0.4 is 17.0 Å².